The summed E-state index contributed by atoms with van der Waals surface area (Å²) in [7, 11) is -4.40. The Morgan fingerprint density at radius 2 is 1.88 bits per heavy atom. The quantitative estimate of drug-likeness (QED) is 0.521. The Morgan fingerprint density at radius 3 is 2.29 bits per heavy atom. The Labute approximate surface area is 100 Å². The summed E-state index contributed by atoms with van der Waals surface area (Å²) < 4.78 is 15.3. The van der Waals surface area contributed by atoms with E-state index in [4.69, 9.17) is 9.79 Å². The van der Waals surface area contributed by atoms with Crippen LogP contribution in [0.4, 0.5) is 0 Å². The van der Waals surface area contributed by atoms with Crippen molar-refractivity contribution in [2.45, 2.75) is 44.8 Å². The SMILES string of the molecule is C=C(C)C(=O)NC1CCC(OP(=O)(O)O)CC1. The average Bonchev–Trinajstić information content (AvgIpc) is 2.18. The monoisotopic (exact) mass is 263 g/mol. The number of carbonyl (C=O) groups is 1. The Bertz CT molecular complexity index is 343. The van der Waals surface area contributed by atoms with Gasteiger partial charge in [-0.1, -0.05) is 6.58 Å². The van der Waals surface area contributed by atoms with Crippen molar-refractivity contribution in [2.75, 3.05) is 0 Å². The summed E-state index contributed by atoms with van der Waals surface area (Å²) in [6, 6.07) is 0.0378. The van der Waals surface area contributed by atoms with Crippen molar-refractivity contribution in [3.05, 3.63) is 12.2 Å². The molecule has 0 heterocycles. The Morgan fingerprint density at radius 1 is 1.35 bits per heavy atom. The van der Waals surface area contributed by atoms with E-state index in [-0.39, 0.29) is 11.9 Å². The first-order chi connectivity index (χ1) is 7.78. The summed E-state index contributed by atoms with van der Waals surface area (Å²) in [5.41, 5.74) is 0.457. The lowest BCUT2D eigenvalue weighted by Gasteiger charge is -2.29. The Kier molecular flexibility index (Phi) is 4.89. The first-order valence-corrected chi connectivity index (χ1v) is 7.01. The van der Waals surface area contributed by atoms with E-state index < -0.39 is 13.9 Å². The third kappa shape index (κ3) is 5.46. The fourth-order valence-electron chi connectivity index (χ4n) is 1.82. The third-order valence-corrected chi connectivity index (χ3v) is 3.26. The molecule has 3 N–H and O–H groups in total. The van der Waals surface area contributed by atoms with Crippen LogP contribution < -0.4 is 5.32 Å². The van der Waals surface area contributed by atoms with Gasteiger partial charge >= 0.3 is 7.82 Å². The van der Waals surface area contributed by atoms with Crippen LogP contribution in [0, 0.1) is 0 Å². The van der Waals surface area contributed by atoms with Gasteiger partial charge in [-0.05, 0) is 32.6 Å². The molecule has 7 heteroatoms. The van der Waals surface area contributed by atoms with Crippen molar-refractivity contribution in [2.24, 2.45) is 0 Å². The maximum Gasteiger partial charge on any atom is 0.469 e. The van der Waals surface area contributed by atoms with Gasteiger partial charge in [-0.3, -0.25) is 9.32 Å². The minimum Gasteiger partial charge on any atom is -0.350 e. The maximum absolute atomic E-state index is 11.4. The number of hydrogen-bond donors (Lipinski definition) is 3. The number of phosphoric ester groups is 1. The van der Waals surface area contributed by atoms with E-state index >= 15 is 0 Å². The highest BCUT2D eigenvalue weighted by Crippen LogP contribution is 2.40. The van der Waals surface area contributed by atoms with Gasteiger partial charge in [0.1, 0.15) is 0 Å². The van der Waals surface area contributed by atoms with Crippen molar-refractivity contribution < 1.29 is 23.7 Å². The number of amides is 1. The molecule has 0 aromatic heterocycles. The summed E-state index contributed by atoms with van der Waals surface area (Å²) in [4.78, 5) is 28.7. The van der Waals surface area contributed by atoms with Gasteiger partial charge in [0.15, 0.2) is 0 Å². The third-order valence-electron chi connectivity index (χ3n) is 2.68. The van der Waals surface area contributed by atoms with Crippen LogP contribution in [-0.4, -0.2) is 27.8 Å². The predicted octanol–water partition coefficient (Wildman–Crippen LogP) is 1.10. The molecule has 0 radical (unpaired) electrons. The number of hydrogen-bond acceptors (Lipinski definition) is 3. The molecule has 0 aromatic carbocycles. The van der Waals surface area contributed by atoms with E-state index in [1.165, 1.54) is 0 Å². The second-order valence-electron chi connectivity index (χ2n) is 4.32. The molecule has 0 spiro atoms. The zero-order valence-corrected chi connectivity index (χ0v) is 10.7. The first kappa shape index (κ1) is 14.4. The second kappa shape index (κ2) is 5.78. The van der Waals surface area contributed by atoms with E-state index in [0.29, 0.717) is 31.3 Å². The molecule has 0 bridgehead atoms. The van der Waals surface area contributed by atoms with Gasteiger partial charge in [0, 0.05) is 11.6 Å². The topological polar surface area (TPSA) is 95.9 Å². The smallest absolute Gasteiger partial charge is 0.350 e. The summed E-state index contributed by atoms with van der Waals surface area (Å²) in [6.07, 6.45) is 1.96. The highest BCUT2D eigenvalue weighted by atomic mass is 31.2. The molecule has 1 fully saturated rings. The Hall–Kier alpha value is -0.680. The van der Waals surface area contributed by atoms with Crippen LogP contribution in [0.1, 0.15) is 32.6 Å². The molecule has 17 heavy (non-hydrogen) atoms. The Balaban J connectivity index is 2.33. The molecular formula is C10H18NO5P. The highest BCUT2D eigenvalue weighted by molar-refractivity contribution is 7.46. The number of rotatable bonds is 4. The molecule has 0 unspecified atom stereocenters. The lowest BCUT2D eigenvalue weighted by Crippen LogP contribution is -2.39. The number of nitrogens with one attached hydrogen (secondary N) is 1. The molecule has 0 atom stereocenters. The minimum atomic E-state index is -4.40. The molecule has 1 amide bonds. The van der Waals surface area contributed by atoms with Crippen molar-refractivity contribution in [3.8, 4) is 0 Å². The van der Waals surface area contributed by atoms with E-state index in [1.54, 1.807) is 6.92 Å². The lowest BCUT2D eigenvalue weighted by molar-refractivity contribution is -0.118. The van der Waals surface area contributed by atoms with E-state index in [9.17, 15) is 9.36 Å². The molecule has 0 saturated heterocycles. The standard InChI is InChI=1S/C10H18NO5P/c1-7(2)10(12)11-8-3-5-9(6-4-8)16-17(13,14)15/h8-9H,1,3-6H2,2H3,(H,11,12)(H2,13,14,15). The normalized spacial score (nSPS) is 25.4. The van der Waals surface area contributed by atoms with Gasteiger partial charge in [-0.25, -0.2) is 4.57 Å². The summed E-state index contributed by atoms with van der Waals surface area (Å²) in [5, 5.41) is 2.81. The minimum absolute atomic E-state index is 0.0378. The second-order valence-corrected chi connectivity index (χ2v) is 5.52. The largest absolute Gasteiger partial charge is 0.469 e. The van der Waals surface area contributed by atoms with Gasteiger partial charge < -0.3 is 15.1 Å². The van der Waals surface area contributed by atoms with Crippen LogP contribution in [0.25, 0.3) is 0 Å². The van der Waals surface area contributed by atoms with Gasteiger partial charge in [-0.2, -0.15) is 0 Å². The van der Waals surface area contributed by atoms with Crippen LogP contribution in [-0.2, 0) is 13.9 Å². The molecule has 0 aliphatic heterocycles. The van der Waals surface area contributed by atoms with Crippen LogP contribution in [0.3, 0.4) is 0 Å². The molecular weight excluding hydrogens is 245 g/mol. The van der Waals surface area contributed by atoms with Crippen molar-refractivity contribution in [1.29, 1.82) is 0 Å². The zero-order chi connectivity index (χ0) is 13.1. The van der Waals surface area contributed by atoms with Gasteiger partial charge in [0.2, 0.25) is 5.91 Å². The van der Waals surface area contributed by atoms with E-state index in [1.807, 2.05) is 0 Å². The zero-order valence-electron chi connectivity index (χ0n) is 9.76. The molecule has 1 rings (SSSR count). The summed E-state index contributed by atoms with van der Waals surface area (Å²) in [5.74, 6) is -0.177. The summed E-state index contributed by atoms with van der Waals surface area (Å²) in [6.45, 7) is 5.18. The predicted molar refractivity (Wildman–Crippen MR) is 62.1 cm³/mol. The van der Waals surface area contributed by atoms with Crippen molar-refractivity contribution >= 4 is 13.7 Å². The fraction of sp³-hybridized carbons (Fsp3) is 0.700. The van der Waals surface area contributed by atoms with Crippen molar-refractivity contribution in [1.82, 2.24) is 5.32 Å². The van der Waals surface area contributed by atoms with Gasteiger partial charge in [0.25, 0.3) is 0 Å². The van der Waals surface area contributed by atoms with Gasteiger partial charge in [-0.15, -0.1) is 0 Å². The first-order valence-electron chi connectivity index (χ1n) is 5.48. The van der Waals surface area contributed by atoms with Crippen molar-refractivity contribution in [3.63, 3.8) is 0 Å². The number of phosphoric acid groups is 1. The number of carbonyl (C=O) groups excluding carboxylic acids is 1. The molecule has 1 aliphatic carbocycles. The molecule has 6 nitrogen and oxygen atoms in total. The fourth-order valence-corrected chi connectivity index (χ4v) is 2.41. The van der Waals surface area contributed by atoms with E-state index in [2.05, 4.69) is 16.4 Å². The lowest BCUT2D eigenvalue weighted by atomic mass is 9.93. The average molecular weight is 263 g/mol. The molecule has 1 saturated carbocycles. The molecule has 0 aromatic rings. The van der Waals surface area contributed by atoms with Crippen LogP contribution in [0.15, 0.2) is 12.2 Å². The maximum atomic E-state index is 11.4. The van der Waals surface area contributed by atoms with Crippen LogP contribution in [0.2, 0.25) is 0 Å². The van der Waals surface area contributed by atoms with Crippen LogP contribution in [0.5, 0.6) is 0 Å². The van der Waals surface area contributed by atoms with E-state index in [0.717, 1.165) is 0 Å². The summed E-state index contributed by atoms with van der Waals surface area (Å²) >= 11 is 0. The molecule has 1 aliphatic rings. The van der Waals surface area contributed by atoms with Crippen LogP contribution >= 0.6 is 7.82 Å². The highest BCUT2D eigenvalue weighted by Gasteiger charge is 2.28. The molecule has 98 valence electrons. The van der Waals surface area contributed by atoms with Gasteiger partial charge in [0.05, 0.1) is 6.10 Å².